The quantitative estimate of drug-likeness (QED) is 0.757. The second-order valence-corrected chi connectivity index (χ2v) is 7.99. The molecule has 6 nitrogen and oxygen atoms in total. The third-order valence-corrected chi connectivity index (χ3v) is 4.84. The Balaban J connectivity index is 2.34. The molecule has 0 radical (unpaired) electrons. The molecule has 0 saturated carbocycles. The van der Waals surface area contributed by atoms with Crippen molar-refractivity contribution in [2.24, 2.45) is 0 Å². The molecule has 0 atom stereocenters. The van der Waals surface area contributed by atoms with Crippen LogP contribution in [0.2, 0.25) is 10.0 Å². The van der Waals surface area contributed by atoms with E-state index in [0.29, 0.717) is 26.9 Å². The Morgan fingerprint density at radius 1 is 1.17 bits per heavy atom. The standard InChI is InChI=1S/C14H11Cl2N3O3S/c1-19-6-9-11(8-4-3-7(15)5-10(8)16)17-14(23(2,21)22)18-12(9)13(19)20/h3-5H,6H2,1-2H3. The van der Waals surface area contributed by atoms with E-state index in [-0.39, 0.29) is 18.1 Å². The molecule has 0 fully saturated rings. The van der Waals surface area contributed by atoms with Crippen LogP contribution in [0.5, 0.6) is 0 Å². The maximum absolute atomic E-state index is 12.2. The van der Waals surface area contributed by atoms with E-state index >= 15 is 0 Å². The van der Waals surface area contributed by atoms with Crippen LogP contribution in [0, 0.1) is 0 Å². The van der Waals surface area contributed by atoms with Crippen LogP contribution in [0.25, 0.3) is 11.3 Å². The predicted molar refractivity (Wildman–Crippen MR) is 86.4 cm³/mol. The third-order valence-electron chi connectivity index (χ3n) is 3.45. The van der Waals surface area contributed by atoms with Gasteiger partial charge in [-0.15, -0.1) is 0 Å². The highest BCUT2D eigenvalue weighted by Crippen LogP contribution is 2.35. The van der Waals surface area contributed by atoms with Crippen LogP contribution >= 0.6 is 23.2 Å². The highest BCUT2D eigenvalue weighted by Gasteiger charge is 2.32. The molecule has 23 heavy (non-hydrogen) atoms. The van der Waals surface area contributed by atoms with Gasteiger partial charge >= 0.3 is 0 Å². The number of carbonyl (C=O) groups excluding carboxylic acids is 1. The van der Waals surface area contributed by atoms with Crippen molar-refractivity contribution in [3.8, 4) is 11.3 Å². The number of sulfone groups is 1. The maximum Gasteiger partial charge on any atom is 0.273 e. The minimum absolute atomic E-state index is 0.0870. The molecule has 9 heteroatoms. The van der Waals surface area contributed by atoms with Crippen LogP contribution < -0.4 is 0 Å². The van der Waals surface area contributed by atoms with E-state index in [1.807, 2.05) is 0 Å². The van der Waals surface area contributed by atoms with Crippen molar-refractivity contribution in [2.45, 2.75) is 11.7 Å². The second-order valence-electron chi connectivity index (χ2n) is 5.24. The van der Waals surface area contributed by atoms with Gasteiger partial charge in [-0.05, 0) is 18.2 Å². The minimum atomic E-state index is -3.68. The number of hydrogen-bond donors (Lipinski definition) is 0. The van der Waals surface area contributed by atoms with E-state index in [9.17, 15) is 13.2 Å². The van der Waals surface area contributed by atoms with Gasteiger partial charge in [-0.1, -0.05) is 23.2 Å². The molecule has 0 unspecified atom stereocenters. The van der Waals surface area contributed by atoms with Crippen molar-refractivity contribution in [3.05, 3.63) is 39.5 Å². The fraction of sp³-hybridized carbons (Fsp3) is 0.214. The zero-order chi connectivity index (χ0) is 16.9. The summed E-state index contributed by atoms with van der Waals surface area (Å²) in [5.41, 5.74) is 1.47. The highest BCUT2D eigenvalue weighted by atomic mass is 35.5. The van der Waals surface area contributed by atoms with Crippen molar-refractivity contribution in [1.29, 1.82) is 0 Å². The Hall–Kier alpha value is -1.70. The second kappa shape index (κ2) is 5.43. The number of carbonyl (C=O) groups is 1. The van der Waals surface area contributed by atoms with E-state index in [0.717, 1.165) is 6.26 Å². The first-order valence-corrected chi connectivity index (χ1v) is 9.15. The zero-order valence-corrected chi connectivity index (χ0v) is 14.5. The Bertz CT molecular complexity index is 945. The summed E-state index contributed by atoms with van der Waals surface area (Å²) in [6, 6.07) is 4.80. The van der Waals surface area contributed by atoms with Crippen LogP contribution in [0.3, 0.4) is 0 Å². The lowest BCUT2D eigenvalue weighted by Crippen LogP contribution is -2.18. The Morgan fingerprint density at radius 3 is 2.43 bits per heavy atom. The molecule has 0 N–H and O–H groups in total. The van der Waals surface area contributed by atoms with Gasteiger partial charge in [-0.2, -0.15) is 0 Å². The third kappa shape index (κ3) is 2.80. The van der Waals surface area contributed by atoms with Crippen molar-refractivity contribution in [3.63, 3.8) is 0 Å². The number of hydrogen-bond acceptors (Lipinski definition) is 5. The van der Waals surface area contributed by atoms with E-state index < -0.39 is 15.0 Å². The van der Waals surface area contributed by atoms with Gasteiger partial charge in [0.2, 0.25) is 15.0 Å². The van der Waals surface area contributed by atoms with Gasteiger partial charge in [0, 0.05) is 29.5 Å². The van der Waals surface area contributed by atoms with Gasteiger partial charge in [-0.3, -0.25) is 4.79 Å². The van der Waals surface area contributed by atoms with E-state index in [1.54, 1.807) is 19.2 Å². The van der Waals surface area contributed by atoms with E-state index in [4.69, 9.17) is 23.2 Å². The Morgan fingerprint density at radius 2 is 1.83 bits per heavy atom. The van der Waals surface area contributed by atoms with Crippen molar-refractivity contribution in [1.82, 2.24) is 14.9 Å². The monoisotopic (exact) mass is 371 g/mol. The molecule has 0 aliphatic carbocycles. The molecular formula is C14H11Cl2N3O3S. The first-order valence-electron chi connectivity index (χ1n) is 6.50. The first kappa shape index (κ1) is 16.2. The largest absolute Gasteiger partial charge is 0.336 e. The lowest BCUT2D eigenvalue weighted by atomic mass is 10.1. The smallest absolute Gasteiger partial charge is 0.273 e. The van der Waals surface area contributed by atoms with Crippen LogP contribution in [-0.4, -0.2) is 42.5 Å². The molecule has 1 amide bonds. The molecule has 1 aromatic heterocycles. The molecule has 120 valence electrons. The first-order chi connectivity index (χ1) is 10.7. The molecule has 2 heterocycles. The van der Waals surface area contributed by atoms with Crippen molar-refractivity contribution < 1.29 is 13.2 Å². The molecule has 0 bridgehead atoms. The Labute approximate surface area is 143 Å². The lowest BCUT2D eigenvalue weighted by Gasteiger charge is -2.10. The number of amides is 1. The summed E-state index contributed by atoms with van der Waals surface area (Å²) in [6.45, 7) is 0.284. The number of benzene rings is 1. The van der Waals surface area contributed by atoms with Gasteiger partial charge in [-0.25, -0.2) is 18.4 Å². The molecule has 0 spiro atoms. The van der Waals surface area contributed by atoms with E-state index in [1.165, 1.54) is 11.0 Å². The fourth-order valence-electron chi connectivity index (χ4n) is 2.35. The number of nitrogens with zero attached hydrogens (tertiary/aromatic N) is 3. The molecule has 1 aromatic carbocycles. The van der Waals surface area contributed by atoms with E-state index in [2.05, 4.69) is 9.97 Å². The fourth-order valence-corrected chi connectivity index (χ4v) is 3.36. The van der Waals surface area contributed by atoms with Crippen LogP contribution in [-0.2, 0) is 16.4 Å². The summed E-state index contributed by atoms with van der Waals surface area (Å²) >= 11 is 12.1. The van der Waals surface area contributed by atoms with Crippen LogP contribution in [0.1, 0.15) is 16.1 Å². The SMILES string of the molecule is CN1Cc2c(nc(S(C)(=O)=O)nc2-c2ccc(Cl)cc2Cl)C1=O. The maximum atomic E-state index is 12.2. The van der Waals surface area contributed by atoms with Gasteiger partial charge in [0.25, 0.3) is 5.91 Å². The molecule has 2 aromatic rings. The van der Waals surface area contributed by atoms with Crippen LogP contribution in [0.4, 0.5) is 0 Å². The highest BCUT2D eigenvalue weighted by molar-refractivity contribution is 7.90. The van der Waals surface area contributed by atoms with Crippen molar-refractivity contribution in [2.75, 3.05) is 13.3 Å². The summed E-state index contributed by atoms with van der Waals surface area (Å²) in [6.07, 6.45) is 0.991. The molecule has 0 saturated heterocycles. The summed E-state index contributed by atoms with van der Waals surface area (Å²) in [5, 5.41) is 0.363. The zero-order valence-electron chi connectivity index (χ0n) is 12.2. The van der Waals surface area contributed by atoms with Gasteiger partial charge in [0.1, 0.15) is 5.69 Å². The summed E-state index contributed by atoms with van der Waals surface area (Å²) in [4.78, 5) is 21.7. The predicted octanol–water partition coefficient (Wildman–Crippen LogP) is 2.44. The average Bonchev–Trinajstić information content (AvgIpc) is 2.73. The van der Waals surface area contributed by atoms with Gasteiger partial charge < -0.3 is 4.90 Å². The van der Waals surface area contributed by atoms with Crippen LogP contribution in [0.15, 0.2) is 23.4 Å². The minimum Gasteiger partial charge on any atom is -0.336 e. The topological polar surface area (TPSA) is 80.2 Å². The molecule has 1 aliphatic heterocycles. The van der Waals surface area contributed by atoms with Gasteiger partial charge in [0.15, 0.2) is 0 Å². The summed E-state index contributed by atoms with van der Waals surface area (Å²) in [7, 11) is -2.07. The number of fused-ring (bicyclic) bond motifs is 1. The number of aromatic nitrogens is 2. The van der Waals surface area contributed by atoms with Crippen molar-refractivity contribution >= 4 is 38.9 Å². The lowest BCUT2D eigenvalue weighted by molar-refractivity contribution is 0.0811. The number of rotatable bonds is 2. The Kier molecular flexibility index (Phi) is 3.82. The normalized spacial score (nSPS) is 14.3. The summed E-state index contributed by atoms with van der Waals surface area (Å²) < 4.78 is 23.7. The summed E-state index contributed by atoms with van der Waals surface area (Å²) in [5.74, 6) is -0.348. The average molecular weight is 372 g/mol. The number of halogens is 2. The van der Waals surface area contributed by atoms with Gasteiger partial charge in [0.05, 0.1) is 17.3 Å². The molecule has 3 rings (SSSR count). The molecule has 1 aliphatic rings. The molecular weight excluding hydrogens is 361 g/mol.